The van der Waals surface area contributed by atoms with E-state index in [2.05, 4.69) is 21.5 Å². The number of rotatable bonds is 3. The predicted octanol–water partition coefficient (Wildman–Crippen LogP) is 1.28. The topological polar surface area (TPSA) is 60.7 Å². The van der Waals surface area contributed by atoms with E-state index in [-0.39, 0.29) is 11.6 Å². The lowest BCUT2D eigenvalue weighted by Gasteiger charge is -2.10. The molecule has 0 unspecified atom stereocenters. The van der Waals surface area contributed by atoms with Crippen LogP contribution in [0.5, 0.6) is 0 Å². The van der Waals surface area contributed by atoms with E-state index in [9.17, 15) is 4.79 Å². The van der Waals surface area contributed by atoms with Gasteiger partial charge in [0.25, 0.3) is 0 Å². The van der Waals surface area contributed by atoms with Crippen molar-refractivity contribution in [3.05, 3.63) is 17.5 Å². The number of hydrogen-bond donors (Lipinski definition) is 0. The standard InChI is InChI=1S/C10H14N4O/c1-14-12-10(11-13-14)9(15)7-8-5-3-2-4-6-8/h5H,2-4,6-7H2,1H3. The summed E-state index contributed by atoms with van der Waals surface area (Å²) in [4.78, 5) is 13.0. The van der Waals surface area contributed by atoms with Crippen molar-refractivity contribution < 1.29 is 4.79 Å². The van der Waals surface area contributed by atoms with E-state index in [1.165, 1.54) is 23.2 Å². The van der Waals surface area contributed by atoms with Crippen LogP contribution in [0, 0.1) is 0 Å². The van der Waals surface area contributed by atoms with Gasteiger partial charge in [0, 0.05) is 6.42 Å². The molecule has 1 aliphatic carbocycles. The number of carbonyl (C=O) groups excluding carboxylic acids is 1. The highest BCUT2D eigenvalue weighted by molar-refractivity contribution is 5.93. The Hall–Kier alpha value is -1.52. The van der Waals surface area contributed by atoms with Gasteiger partial charge in [-0.15, -0.1) is 10.2 Å². The first-order valence-corrected chi connectivity index (χ1v) is 5.21. The molecule has 0 aromatic carbocycles. The number of aryl methyl sites for hydroxylation is 1. The van der Waals surface area contributed by atoms with E-state index < -0.39 is 0 Å². The Kier molecular flexibility index (Phi) is 2.89. The monoisotopic (exact) mass is 206 g/mol. The Labute approximate surface area is 88.2 Å². The van der Waals surface area contributed by atoms with Crippen LogP contribution < -0.4 is 0 Å². The van der Waals surface area contributed by atoms with Crippen LogP contribution >= 0.6 is 0 Å². The molecule has 0 saturated heterocycles. The molecule has 2 rings (SSSR count). The molecule has 0 saturated carbocycles. The molecule has 0 amide bonds. The molecule has 5 heteroatoms. The quantitative estimate of drug-likeness (QED) is 0.552. The molecule has 0 fully saturated rings. The molecule has 0 atom stereocenters. The fourth-order valence-electron chi connectivity index (χ4n) is 1.75. The van der Waals surface area contributed by atoms with Crippen molar-refractivity contribution in [2.45, 2.75) is 32.1 Å². The summed E-state index contributed by atoms with van der Waals surface area (Å²) in [6, 6.07) is 0. The van der Waals surface area contributed by atoms with Crippen molar-refractivity contribution in [3.63, 3.8) is 0 Å². The molecule has 0 N–H and O–H groups in total. The summed E-state index contributed by atoms with van der Waals surface area (Å²) in [5.74, 6) is 0.195. The van der Waals surface area contributed by atoms with Gasteiger partial charge in [0.05, 0.1) is 7.05 Å². The molecular weight excluding hydrogens is 192 g/mol. The molecule has 0 bridgehead atoms. The molecule has 1 aliphatic rings. The summed E-state index contributed by atoms with van der Waals surface area (Å²) in [5.41, 5.74) is 1.22. The predicted molar refractivity (Wildman–Crippen MR) is 54.3 cm³/mol. The molecule has 1 aromatic heterocycles. The van der Waals surface area contributed by atoms with Crippen molar-refractivity contribution in [3.8, 4) is 0 Å². The van der Waals surface area contributed by atoms with E-state index in [0.29, 0.717) is 6.42 Å². The lowest BCUT2D eigenvalue weighted by Crippen LogP contribution is -2.06. The maximum Gasteiger partial charge on any atom is 0.240 e. The number of hydrogen-bond acceptors (Lipinski definition) is 4. The van der Waals surface area contributed by atoms with Crippen molar-refractivity contribution in [2.24, 2.45) is 7.05 Å². The van der Waals surface area contributed by atoms with E-state index in [1.807, 2.05) is 0 Å². The van der Waals surface area contributed by atoms with Gasteiger partial charge in [-0.2, -0.15) is 4.80 Å². The number of tetrazole rings is 1. The molecule has 0 aliphatic heterocycles. The Bertz CT molecular complexity index is 394. The molecular formula is C10H14N4O. The van der Waals surface area contributed by atoms with Crippen LogP contribution in [0.2, 0.25) is 0 Å². The summed E-state index contributed by atoms with van der Waals surface area (Å²) in [5, 5.41) is 11.2. The van der Waals surface area contributed by atoms with E-state index in [0.717, 1.165) is 12.8 Å². The van der Waals surface area contributed by atoms with Gasteiger partial charge >= 0.3 is 0 Å². The minimum Gasteiger partial charge on any atom is -0.290 e. The van der Waals surface area contributed by atoms with Crippen LogP contribution in [0.3, 0.4) is 0 Å². The van der Waals surface area contributed by atoms with Gasteiger partial charge in [-0.3, -0.25) is 4.79 Å². The van der Waals surface area contributed by atoms with Crippen molar-refractivity contribution in [2.75, 3.05) is 0 Å². The molecule has 15 heavy (non-hydrogen) atoms. The second-order valence-corrected chi connectivity index (χ2v) is 3.81. The van der Waals surface area contributed by atoms with Gasteiger partial charge in [0.2, 0.25) is 11.6 Å². The van der Waals surface area contributed by atoms with Gasteiger partial charge in [0.1, 0.15) is 0 Å². The number of aromatic nitrogens is 4. The molecule has 1 heterocycles. The Morgan fingerprint density at radius 1 is 1.53 bits per heavy atom. The van der Waals surface area contributed by atoms with Crippen LogP contribution in [0.25, 0.3) is 0 Å². The highest BCUT2D eigenvalue weighted by atomic mass is 16.1. The first-order valence-electron chi connectivity index (χ1n) is 5.21. The Balaban J connectivity index is 2.00. The van der Waals surface area contributed by atoms with Crippen LogP contribution in [-0.2, 0) is 7.05 Å². The lowest BCUT2D eigenvalue weighted by molar-refractivity contribution is 0.0981. The highest BCUT2D eigenvalue weighted by Crippen LogP contribution is 2.20. The van der Waals surface area contributed by atoms with Crippen molar-refractivity contribution in [1.29, 1.82) is 0 Å². The molecule has 0 spiro atoms. The summed E-state index contributed by atoms with van der Waals surface area (Å²) in [6.07, 6.45) is 7.17. The molecule has 1 aromatic rings. The Morgan fingerprint density at radius 2 is 2.40 bits per heavy atom. The third-order valence-corrected chi connectivity index (χ3v) is 2.53. The number of nitrogens with zero attached hydrogens (tertiary/aromatic N) is 4. The van der Waals surface area contributed by atoms with Crippen LogP contribution in [0.4, 0.5) is 0 Å². The van der Waals surface area contributed by atoms with Gasteiger partial charge in [0.15, 0.2) is 0 Å². The smallest absolute Gasteiger partial charge is 0.240 e. The fraction of sp³-hybridized carbons (Fsp3) is 0.600. The van der Waals surface area contributed by atoms with Crippen molar-refractivity contribution >= 4 is 5.78 Å². The first-order chi connectivity index (χ1) is 7.25. The second-order valence-electron chi connectivity index (χ2n) is 3.81. The Morgan fingerprint density at radius 3 is 3.00 bits per heavy atom. The van der Waals surface area contributed by atoms with Crippen LogP contribution in [-0.4, -0.2) is 26.0 Å². The fourth-order valence-corrected chi connectivity index (χ4v) is 1.75. The molecule has 5 nitrogen and oxygen atoms in total. The third kappa shape index (κ3) is 2.49. The van der Waals surface area contributed by atoms with Gasteiger partial charge in [-0.05, 0) is 30.9 Å². The van der Waals surface area contributed by atoms with Crippen LogP contribution in [0.1, 0.15) is 42.7 Å². The maximum atomic E-state index is 11.7. The third-order valence-electron chi connectivity index (χ3n) is 2.53. The largest absolute Gasteiger partial charge is 0.290 e. The first kappa shape index (κ1) is 10.0. The zero-order valence-electron chi connectivity index (χ0n) is 8.81. The number of carbonyl (C=O) groups is 1. The maximum absolute atomic E-state index is 11.7. The van der Waals surface area contributed by atoms with E-state index in [4.69, 9.17) is 0 Å². The minimum absolute atomic E-state index is 0.0312. The lowest BCUT2D eigenvalue weighted by atomic mass is 9.95. The zero-order chi connectivity index (χ0) is 10.7. The highest BCUT2D eigenvalue weighted by Gasteiger charge is 2.15. The zero-order valence-corrected chi connectivity index (χ0v) is 8.81. The molecule has 80 valence electrons. The number of Topliss-reactive ketones (excluding diaryl/α,β-unsaturated/α-hetero) is 1. The SMILES string of the molecule is Cn1nnc(C(=O)CC2=CCCCC2)n1. The van der Waals surface area contributed by atoms with Gasteiger partial charge in [-0.25, -0.2) is 0 Å². The van der Waals surface area contributed by atoms with Gasteiger partial charge in [-0.1, -0.05) is 11.6 Å². The van der Waals surface area contributed by atoms with Crippen molar-refractivity contribution in [1.82, 2.24) is 20.2 Å². The molecule has 0 radical (unpaired) electrons. The summed E-state index contributed by atoms with van der Waals surface area (Å²) >= 11 is 0. The average Bonchev–Trinajstić information content (AvgIpc) is 2.66. The van der Waals surface area contributed by atoms with Crippen LogP contribution in [0.15, 0.2) is 11.6 Å². The normalized spacial score (nSPS) is 16.2. The summed E-state index contributed by atoms with van der Waals surface area (Å²) < 4.78 is 0. The summed E-state index contributed by atoms with van der Waals surface area (Å²) in [7, 11) is 1.66. The second kappa shape index (κ2) is 4.33. The average molecular weight is 206 g/mol. The summed E-state index contributed by atoms with van der Waals surface area (Å²) in [6.45, 7) is 0. The number of allylic oxidation sites excluding steroid dienone is 2. The van der Waals surface area contributed by atoms with E-state index in [1.54, 1.807) is 7.05 Å². The number of ketones is 1. The van der Waals surface area contributed by atoms with Gasteiger partial charge < -0.3 is 0 Å². The minimum atomic E-state index is -0.0312. The van der Waals surface area contributed by atoms with E-state index >= 15 is 0 Å².